The molecule has 0 aliphatic carbocycles. The van der Waals surface area contributed by atoms with Crippen molar-refractivity contribution in [2.75, 3.05) is 25.1 Å². The molecule has 0 unspecified atom stereocenters. The van der Waals surface area contributed by atoms with E-state index in [0.717, 1.165) is 18.4 Å². The van der Waals surface area contributed by atoms with Gasteiger partial charge in [0, 0.05) is 29.4 Å². The number of halogens is 1. The van der Waals surface area contributed by atoms with Crippen LogP contribution < -0.4 is 20.8 Å². The number of aryl methyl sites for hydroxylation is 1. The van der Waals surface area contributed by atoms with E-state index in [2.05, 4.69) is 21.2 Å². The molecule has 1 aliphatic heterocycles. The number of ether oxygens (including phenoxy) is 2. The first-order valence-electron chi connectivity index (χ1n) is 10.4. The summed E-state index contributed by atoms with van der Waals surface area (Å²) in [4.78, 5) is 35.9. The van der Waals surface area contributed by atoms with Gasteiger partial charge >= 0.3 is 11.8 Å². The maximum Gasteiger partial charge on any atom is 0.329 e. The lowest BCUT2D eigenvalue weighted by atomic mass is 10.2. The van der Waals surface area contributed by atoms with Crippen LogP contribution in [-0.2, 0) is 19.1 Å². The molecule has 0 saturated carbocycles. The number of hydrazone groups is 1. The zero-order chi connectivity index (χ0) is 23.6. The van der Waals surface area contributed by atoms with Crippen LogP contribution in [0.4, 0.5) is 5.69 Å². The van der Waals surface area contributed by atoms with Crippen molar-refractivity contribution in [3.63, 3.8) is 0 Å². The highest BCUT2D eigenvalue weighted by atomic mass is 35.5. The van der Waals surface area contributed by atoms with Crippen LogP contribution in [0.1, 0.15) is 24.0 Å². The molecule has 1 heterocycles. The number of nitrogens with one attached hydrogen (secondary N) is 3. The number of carbonyl (C=O) groups is 3. The summed E-state index contributed by atoms with van der Waals surface area (Å²) in [6, 6.07) is 12.1. The van der Waals surface area contributed by atoms with E-state index in [0.29, 0.717) is 28.6 Å². The van der Waals surface area contributed by atoms with Crippen molar-refractivity contribution in [1.82, 2.24) is 10.7 Å². The van der Waals surface area contributed by atoms with Crippen LogP contribution in [0, 0.1) is 6.92 Å². The van der Waals surface area contributed by atoms with Crippen LogP contribution in [0.2, 0.25) is 5.02 Å². The van der Waals surface area contributed by atoms with E-state index in [-0.39, 0.29) is 25.2 Å². The maximum atomic E-state index is 12.2. The van der Waals surface area contributed by atoms with E-state index in [4.69, 9.17) is 21.1 Å². The van der Waals surface area contributed by atoms with Gasteiger partial charge in [-0.15, -0.1) is 0 Å². The number of amides is 3. The Bertz CT molecular complexity index is 1040. The number of carbonyl (C=O) groups excluding carboxylic acids is 3. The standard InChI is InChI=1S/C23H25ClN4O5/c1-15-8-9-17(11-19(15)24)27-21(29)14-33-20-7-3-2-5-16(20)12-26-28-23(31)22(30)25-13-18-6-4-10-32-18/h2-3,5,7-9,11-12,18H,4,6,10,13-14H2,1H3,(H,25,30)(H,27,29)(H,28,31)/b26-12-/t18-/m1/s1. The fourth-order valence-electron chi connectivity index (χ4n) is 3.03. The Morgan fingerprint density at radius 3 is 2.79 bits per heavy atom. The third-order valence-corrected chi connectivity index (χ3v) is 5.23. The monoisotopic (exact) mass is 472 g/mol. The molecule has 2 aromatic rings. The van der Waals surface area contributed by atoms with Gasteiger partial charge < -0.3 is 20.1 Å². The molecule has 3 rings (SSSR count). The lowest BCUT2D eigenvalue weighted by molar-refractivity contribution is -0.139. The fraction of sp³-hybridized carbons (Fsp3) is 0.304. The molecule has 174 valence electrons. The Hall–Kier alpha value is -3.43. The normalized spacial score (nSPS) is 15.3. The first kappa shape index (κ1) is 24.2. The van der Waals surface area contributed by atoms with Crippen molar-refractivity contribution < 1.29 is 23.9 Å². The predicted molar refractivity (Wildman–Crippen MR) is 124 cm³/mol. The highest BCUT2D eigenvalue weighted by Gasteiger charge is 2.19. The molecule has 0 radical (unpaired) electrons. The summed E-state index contributed by atoms with van der Waals surface area (Å²) in [5.41, 5.74) is 4.16. The van der Waals surface area contributed by atoms with Gasteiger partial charge in [-0.25, -0.2) is 5.43 Å². The van der Waals surface area contributed by atoms with Crippen LogP contribution in [-0.4, -0.2) is 49.8 Å². The van der Waals surface area contributed by atoms with Crippen molar-refractivity contribution in [2.24, 2.45) is 5.10 Å². The lowest BCUT2D eigenvalue weighted by Gasteiger charge is -2.10. The summed E-state index contributed by atoms with van der Waals surface area (Å²) < 4.78 is 11.0. The van der Waals surface area contributed by atoms with Gasteiger partial charge in [0.05, 0.1) is 12.3 Å². The Balaban J connectivity index is 1.48. The van der Waals surface area contributed by atoms with Gasteiger partial charge in [-0.05, 0) is 49.6 Å². The minimum Gasteiger partial charge on any atom is -0.483 e. The molecular weight excluding hydrogens is 448 g/mol. The number of benzene rings is 2. The molecule has 2 aromatic carbocycles. The quantitative estimate of drug-likeness (QED) is 0.310. The van der Waals surface area contributed by atoms with E-state index in [1.807, 2.05) is 13.0 Å². The smallest absolute Gasteiger partial charge is 0.329 e. The van der Waals surface area contributed by atoms with Crippen LogP contribution >= 0.6 is 11.6 Å². The molecule has 1 saturated heterocycles. The average molecular weight is 473 g/mol. The molecule has 33 heavy (non-hydrogen) atoms. The van der Waals surface area contributed by atoms with Crippen LogP contribution in [0.15, 0.2) is 47.6 Å². The van der Waals surface area contributed by atoms with E-state index in [1.54, 1.807) is 36.4 Å². The van der Waals surface area contributed by atoms with Gasteiger partial charge in [0.15, 0.2) is 6.61 Å². The molecule has 3 amide bonds. The second-order valence-electron chi connectivity index (χ2n) is 7.38. The van der Waals surface area contributed by atoms with Gasteiger partial charge in [-0.1, -0.05) is 29.8 Å². The summed E-state index contributed by atoms with van der Waals surface area (Å²) >= 11 is 6.07. The van der Waals surface area contributed by atoms with E-state index in [9.17, 15) is 14.4 Å². The first-order chi connectivity index (χ1) is 15.9. The van der Waals surface area contributed by atoms with Gasteiger partial charge in [0.2, 0.25) is 0 Å². The van der Waals surface area contributed by atoms with Crippen LogP contribution in [0.3, 0.4) is 0 Å². The zero-order valence-corrected chi connectivity index (χ0v) is 18.9. The summed E-state index contributed by atoms with van der Waals surface area (Å²) in [5, 5.41) is 9.58. The van der Waals surface area contributed by atoms with Gasteiger partial charge in [-0.3, -0.25) is 14.4 Å². The third-order valence-electron chi connectivity index (χ3n) is 4.82. The lowest BCUT2D eigenvalue weighted by Crippen LogP contribution is -2.41. The third kappa shape index (κ3) is 7.58. The van der Waals surface area contributed by atoms with Crippen molar-refractivity contribution in [3.05, 3.63) is 58.6 Å². The highest BCUT2D eigenvalue weighted by Crippen LogP contribution is 2.20. The first-order valence-corrected chi connectivity index (χ1v) is 10.8. The van der Waals surface area contributed by atoms with Gasteiger partial charge in [-0.2, -0.15) is 5.10 Å². The second-order valence-corrected chi connectivity index (χ2v) is 7.79. The molecule has 9 nitrogen and oxygen atoms in total. The zero-order valence-electron chi connectivity index (χ0n) is 18.1. The molecule has 1 fully saturated rings. The van der Waals surface area contributed by atoms with Crippen molar-refractivity contribution in [2.45, 2.75) is 25.9 Å². The summed E-state index contributed by atoms with van der Waals surface area (Å²) in [6.07, 6.45) is 3.07. The maximum absolute atomic E-state index is 12.2. The van der Waals surface area contributed by atoms with Crippen molar-refractivity contribution >= 4 is 41.2 Å². The highest BCUT2D eigenvalue weighted by molar-refractivity contribution is 6.35. The van der Waals surface area contributed by atoms with Crippen LogP contribution in [0.25, 0.3) is 0 Å². The van der Waals surface area contributed by atoms with Crippen molar-refractivity contribution in [3.8, 4) is 5.75 Å². The van der Waals surface area contributed by atoms with Crippen LogP contribution in [0.5, 0.6) is 5.75 Å². The number of rotatable bonds is 8. The molecule has 0 aromatic heterocycles. The number of nitrogens with zero attached hydrogens (tertiary/aromatic N) is 1. The van der Waals surface area contributed by atoms with E-state index < -0.39 is 11.8 Å². The fourth-order valence-corrected chi connectivity index (χ4v) is 3.21. The summed E-state index contributed by atoms with van der Waals surface area (Å²) in [5.74, 6) is -1.66. The summed E-state index contributed by atoms with van der Waals surface area (Å²) in [7, 11) is 0. The SMILES string of the molecule is Cc1ccc(NC(=O)COc2ccccc2/C=N\NC(=O)C(=O)NC[C@H]2CCCO2)cc1Cl. The minimum atomic E-state index is -0.890. The Labute approximate surface area is 196 Å². The number of hydrogen-bond donors (Lipinski definition) is 3. The topological polar surface area (TPSA) is 118 Å². The molecule has 10 heteroatoms. The van der Waals surface area contributed by atoms with E-state index >= 15 is 0 Å². The van der Waals surface area contributed by atoms with E-state index in [1.165, 1.54) is 6.21 Å². The largest absolute Gasteiger partial charge is 0.483 e. The molecule has 0 bridgehead atoms. The minimum absolute atomic E-state index is 0.0607. The van der Waals surface area contributed by atoms with Gasteiger partial charge in [0.25, 0.3) is 5.91 Å². The number of anilines is 1. The predicted octanol–water partition coefficient (Wildman–Crippen LogP) is 2.41. The Morgan fingerprint density at radius 1 is 1.21 bits per heavy atom. The molecule has 1 atom stereocenters. The number of para-hydroxylation sites is 1. The second kappa shape index (κ2) is 12.0. The average Bonchev–Trinajstić information content (AvgIpc) is 3.33. The summed E-state index contributed by atoms with van der Waals surface area (Å²) in [6.45, 7) is 2.58. The Kier molecular flexibility index (Phi) is 8.79. The number of hydrogen-bond acceptors (Lipinski definition) is 6. The Morgan fingerprint density at radius 2 is 2.03 bits per heavy atom. The molecule has 1 aliphatic rings. The molecular formula is C23H25ClN4O5. The molecule has 3 N–H and O–H groups in total. The van der Waals surface area contributed by atoms with Crippen molar-refractivity contribution in [1.29, 1.82) is 0 Å². The van der Waals surface area contributed by atoms with Gasteiger partial charge in [0.1, 0.15) is 5.75 Å². The molecule has 0 spiro atoms.